The van der Waals surface area contributed by atoms with E-state index in [1.807, 2.05) is 13.1 Å². The van der Waals surface area contributed by atoms with E-state index < -0.39 is 0 Å². The lowest BCUT2D eigenvalue weighted by Gasteiger charge is -2.36. The van der Waals surface area contributed by atoms with Crippen molar-refractivity contribution in [3.63, 3.8) is 0 Å². The van der Waals surface area contributed by atoms with Gasteiger partial charge in [-0.3, -0.25) is 4.99 Å². The van der Waals surface area contributed by atoms with Gasteiger partial charge in [0.2, 0.25) is 0 Å². The summed E-state index contributed by atoms with van der Waals surface area (Å²) in [6.45, 7) is 4.45. The maximum atomic E-state index is 6.00. The third-order valence-electron chi connectivity index (χ3n) is 6.63. The number of methoxy groups -OCH3 is 2. The highest BCUT2D eigenvalue weighted by atomic mass is 127. The molecule has 0 radical (unpaired) electrons. The largest absolute Gasteiger partial charge is 0.497 e. The topological polar surface area (TPSA) is 55.3 Å². The molecule has 3 rings (SSSR count). The molecule has 1 N–H and O–H groups in total. The Balaban J connectivity index is 0.00000341. The first-order valence-electron chi connectivity index (χ1n) is 11.4. The van der Waals surface area contributed by atoms with E-state index in [0.717, 1.165) is 63.8 Å². The maximum absolute atomic E-state index is 6.00. The van der Waals surface area contributed by atoms with Crippen LogP contribution in [0.5, 0.6) is 5.75 Å². The number of nitrogens with one attached hydrogen (secondary N) is 1. The molecule has 31 heavy (non-hydrogen) atoms. The van der Waals surface area contributed by atoms with E-state index in [-0.39, 0.29) is 29.4 Å². The lowest BCUT2D eigenvalue weighted by molar-refractivity contribution is 0.00987. The van der Waals surface area contributed by atoms with Gasteiger partial charge in [-0.1, -0.05) is 25.0 Å². The van der Waals surface area contributed by atoms with Crippen molar-refractivity contribution < 1.29 is 14.2 Å². The minimum Gasteiger partial charge on any atom is -0.497 e. The van der Waals surface area contributed by atoms with Crippen molar-refractivity contribution in [2.24, 2.45) is 4.99 Å². The van der Waals surface area contributed by atoms with Crippen LogP contribution in [-0.4, -0.2) is 71.1 Å². The van der Waals surface area contributed by atoms with Crippen molar-refractivity contribution >= 4 is 29.9 Å². The molecule has 1 aliphatic heterocycles. The quantitative estimate of drug-likeness (QED) is 0.218. The molecule has 6 nitrogen and oxygen atoms in total. The molecular formula is C24H40IN3O3. The van der Waals surface area contributed by atoms with Crippen LogP contribution in [0.3, 0.4) is 0 Å². The molecule has 1 saturated carbocycles. The number of likely N-dealkylation sites (tertiary alicyclic amines) is 1. The Morgan fingerprint density at radius 3 is 2.55 bits per heavy atom. The van der Waals surface area contributed by atoms with Crippen LogP contribution in [0, 0.1) is 0 Å². The average Bonchev–Trinajstić information content (AvgIpc) is 3.28. The Hall–Kier alpha value is -1.06. The third-order valence-corrected chi connectivity index (χ3v) is 6.63. The Morgan fingerprint density at radius 1 is 1.16 bits per heavy atom. The van der Waals surface area contributed by atoms with Crippen molar-refractivity contribution in [3.8, 4) is 5.75 Å². The molecule has 1 saturated heterocycles. The first-order valence-corrected chi connectivity index (χ1v) is 11.4. The third kappa shape index (κ3) is 7.22. The van der Waals surface area contributed by atoms with Crippen molar-refractivity contribution in [1.82, 2.24) is 10.2 Å². The minimum atomic E-state index is 0. The molecule has 1 aliphatic carbocycles. The van der Waals surface area contributed by atoms with E-state index in [1.54, 1.807) is 14.2 Å². The second-order valence-electron chi connectivity index (χ2n) is 8.52. The van der Waals surface area contributed by atoms with Gasteiger partial charge in [0.1, 0.15) is 5.75 Å². The van der Waals surface area contributed by atoms with Crippen LogP contribution in [-0.2, 0) is 14.9 Å². The van der Waals surface area contributed by atoms with Gasteiger partial charge in [0.15, 0.2) is 5.96 Å². The van der Waals surface area contributed by atoms with Crippen LogP contribution in [0.25, 0.3) is 0 Å². The van der Waals surface area contributed by atoms with Gasteiger partial charge in [-0.05, 0) is 49.8 Å². The first-order chi connectivity index (χ1) is 14.7. The van der Waals surface area contributed by atoms with Crippen LogP contribution in [0.15, 0.2) is 29.3 Å². The summed E-state index contributed by atoms with van der Waals surface area (Å²) in [7, 11) is 5.37. The Morgan fingerprint density at radius 2 is 1.90 bits per heavy atom. The number of guanidine groups is 1. The Kier molecular flexibility index (Phi) is 11.4. The van der Waals surface area contributed by atoms with E-state index in [1.165, 1.54) is 31.2 Å². The number of aliphatic imine (C=N–C) groups is 1. The SMILES string of the molecule is CN=C(NCC1(c2cccc(OC)c2)CCCC1)N1CCC(OCCCOC)CC1.I. The molecule has 0 unspecified atom stereocenters. The monoisotopic (exact) mass is 545 g/mol. The number of benzene rings is 1. The standard InChI is InChI=1S/C24H39N3O3.HI/c1-25-23(27-14-10-21(11-15-27)30-17-7-16-28-2)26-19-24(12-4-5-13-24)20-8-6-9-22(18-20)29-3;/h6,8-9,18,21H,4-5,7,10-17,19H2,1-3H3,(H,25,26);1H. The molecule has 0 spiro atoms. The summed E-state index contributed by atoms with van der Waals surface area (Å²) in [5.74, 6) is 1.96. The van der Waals surface area contributed by atoms with Gasteiger partial charge in [-0.15, -0.1) is 24.0 Å². The zero-order valence-electron chi connectivity index (χ0n) is 19.4. The molecule has 1 aromatic rings. The van der Waals surface area contributed by atoms with Crippen LogP contribution in [0.2, 0.25) is 0 Å². The molecular weight excluding hydrogens is 505 g/mol. The number of ether oxygens (including phenoxy) is 3. The molecule has 0 aromatic heterocycles. The van der Waals surface area contributed by atoms with Gasteiger partial charge in [-0.25, -0.2) is 0 Å². The predicted octanol–water partition coefficient (Wildman–Crippen LogP) is 4.22. The zero-order chi connectivity index (χ0) is 21.2. The second-order valence-corrected chi connectivity index (χ2v) is 8.52. The second kappa shape index (κ2) is 13.5. The van der Waals surface area contributed by atoms with E-state index in [4.69, 9.17) is 14.2 Å². The summed E-state index contributed by atoms with van der Waals surface area (Å²) in [5, 5.41) is 3.71. The molecule has 0 atom stereocenters. The molecule has 0 amide bonds. The van der Waals surface area contributed by atoms with Gasteiger partial charge in [0.05, 0.1) is 13.2 Å². The summed E-state index contributed by atoms with van der Waals surface area (Å²) in [4.78, 5) is 6.97. The van der Waals surface area contributed by atoms with Gasteiger partial charge >= 0.3 is 0 Å². The van der Waals surface area contributed by atoms with Crippen LogP contribution < -0.4 is 10.1 Å². The van der Waals surface area contributed by atoms with Gasteiger partial charge in [-0.2, -0.15) is 0 Å². The number of nitrogens with zero attached hydrogens (tertiary/aromatic N) is 2. The van der Waals surface area contributed by atoms with E-state index in [2.05, 4.69) is 33.4 Å². The fourth-order valence-corrected chi connectivity index (χ4v) is 4.84. The van der Waals surface area contributed by atoms with Crippen LogP contribution >= 0.6 is 24.0 Å². The Labute approximate surface area is 205 Å². The molecule has 176 valence electrons. The van der Waals surface area contributed by atoms with Crippen molar-refractivity contribution in [1.29, 1.82) is 0 Å². The van der Waals surface area contributed by atoms with Crippen molar-refractivity contribution in [2.45, 2.75) is 56.5 Å². The summed E-state index contributed by atoms with van der Waals surface area (Å²) in [6.07, 6.45) is 8.40. The number of rotatable bonds is 9. The normalized spacial score (nSPS) is 19.2. The highest BCUT2D eigenvalue weighted by molar-refractivity contribution is 14.0. The smallest absolute Gasteiger partial charge is 0.193 e. The zero-order valence-corrected chi connectivity index (χ0v) is 21.7. The summed E-state index contributed by atoms with van der Waals surface area (Å²) >= 11 is 0. The predicted molar refractivity (Wildman–Crippen MR) is 137 cm³/mol. The lowest BCUT2D eigenvalue weighted by atomic mass is 9.78. The molecule has 2 aliphatic rings. The lowest BCUT2D eigenvalue weighted by Crippen LogP contribution is -2.50. The highest BCUT2D eigenvalue weighted by Gasteiger charge is 2.36. The fraction of sp³-hybridized carbons (Fsp3) is 0.708. The maximum Gasteiger partial charge on any atom is 0.193 e. The van der Waals surface area contributed by atoms with E-state index >= 15 is 0 Å². The van der Waals surface area contributed by atoms with Crippen molar-refractivity contribution in [3.05, 3.63) is 29.8 Å². The van der Waals surface area contributed by atoms with Gasteiger partial charge < -0.3 is 24.4 Å². The summed E-state index contributed by atoms with van der Waals surface area (Å²) in [5.41, 5.74) is 1.54. The highest BCUT2D eigenvalue weighted by Crippen LogP contribution is 2.41. The number of halogens is 1. The number of piperidine rings is 1. The summed E-state index contributed by atoms with van der Waals surface area (Å²) in [6, 6.07) is 8.60. The molecule has 0 bridgehead atoms. The van der Waals surface area contributed by atoms with Gasteiger partial charge in [0, 0.05) is 52.4 Å². The fourth-order valence-electron chi connectivity index (χ4n) is 4.84. The number of hydrogen-bond donors (Lipinski definition) is 1. The Bertz CT molecular complexity index is 672. The summed E-state index contributed by atoms with van der Waals surface area (Å²) < 4.78 is 16.6. The van der Waals surface area contributed by atoms with Crippen LogP contribution in [0.4, 0.5) is 0 Å². The molecule has 1 aromatic carbocycles. The first kappa shape index (κ1) is 26.2. The van der Waals surface area contributed by atoms with E-state index in [0.29, 0.717) is 6.10 Å². The number of hydrogen-bond acceptors (Lipinski definition) is 4. The van der Waals surface area contributed by atoms with Crippen LogP contribution in [0.1, 0.15) is 50.5 Å². The molecule has 7 heteroatoms. The molecule has 2 fully saturated rings. The average molecular weight is 546 g/mol. The minimum absolute atomic E-state index is 0. The molecule has 1 heterocycles. The van der Waals surface area contributed by atoms with Gasteiger partial charge in [0.25, 0.3) is 0 Å². The van der Waals surface area contributed by atoms with E-state index in [9.17, 15) is 0 Å². The van der Waals surface area contributed by atoms with Crippen molar-refractivity contribution in [2.75, 3.05) is 54.1 Å².